The molecule has 1 aliphatic heterocycles. The maximum Gasteiger partial charge on any atom is 0.283 e. The van der Waals surface area contributed by atoms with Crippen molar-refractivity contribution in [2.45, 2.75) is 19.5 Å². The first-order valence-electron chi connectivity index (χ1n) is 6.63. The van der Waals surface area contributed by atoms with Gasteiger partial charge in [-0.2, -0.15) is 0 Å². The van der Waals surface area contributed by atoms with Crippen LogP contribution in [0.2, 0.25) is 0 Å². The number of carbonyl (C=O) groups is 1. The zero-order valence-corrected chi connectivity index (χ0v) is 12.1. The highest BCUT2D eigenvalue weighted by molar-refractivity contribution is 7.20. The molecule has 0 aliphatic carbocycles. The third-order valence-electron chi connectivity index (χ3n) is 3.70. The van der Waals surface area contributed by atoms with Gasteiger partial charge in [0.1, 0.15) is 11.8 Å². The van der Waals surface area contributed by atoms with Crippen molar-refractivity contribution in [3.63, 3.8) is 0 Å². The summed E-state index contributed by atoms with van der Waals surface area (Å²) in [4.78, 5) is 22.9. The third kappa shape index (κ3) is 1.90. The Bertz CT molecular complexity index is 792. The summed E-state index contributed by atoms with van der Waals surface area (Å²) in [5, 5.41) is 8.51. The molecule has 0 fully saturated rings. The van der Waals surface area contributed by atoms with Gasteiger partial charge in [0.25, 0.3) is 5.91 Å². The van der Waals surface area contributed by atoms with Crippen molar-refractivity contribution in [1.29, 1.82) is 0 Å². The molecule has 0 saturated carbocycles. The molecule has 0 N–H and O–H groups in total. The zero-order valence-electron chi connectivity index (χ0n) is 11.3. The Morgan fingerprint density at radius 1 is 1.43 bits per heavy atom. The van der Waals surface area contributed by atoms with Crippen LogP contribution in [0.3, 0.4) is 0 Å². The minimum absolute atomic E-state index is 0.0575. The summed E-state index contributed by atoms with van der Waals surface area (Å²) in [7, 11) is 0. The number of carbonyl (C=O) groups excluding carboxylic acids is 1. The van der Waals surface area contributed by atoms with Gasteiger partial charge in [-0.05, 0) is 13.0 Å². The number of pyridine rings is 1. The standard InChI is InChI=1S/C13H12N6OS/c1-8-11-17-15-7-18(11)4-5-19(8)13(20)12-16-9-6-14-3-2-10(9)21-12/h2-3,6-8H,4-5H2,1H3. The number of hydrogen-bond acceptors (Lipinski definition) is 6. The van der Waals surface area contributed by atoms with Gasteiger partial charge in [-0.3, -0.25) is 9.78 Å². The second kappa shape index (κ2) is 4.59. The monoisotopic (exact) mass is 300 g/mol. The first-order chi connectivity index (χ1) is 10.2. The van der Waals surface area contributed by atoms with E-state index in [1.807, 2.05) is 17.6 Å². The van der Waals surface area contributed by atoms with Crippen LogP contribution in [-0.2, 0) is 6.54 Å². The van der Waals surface area contributed by atoms with E-state index in [9.17, 15) is 4.79 Å². The molecule has 21 heavy (non-hydrogen) atoms. The molecule has 8 heteroatoms. The highest BCUT2D eigenvalue weighted by Gasteiger charge is 2.31. The summed E-state index contributed by atoms with van der Waals surface area (Å²) in [6.45, 7) is 3.32. The van der Waals surface area contributed by atoms with Gasteiger partial charge < -0.3 is 9.47 Å². The topological polar surface area (TPSA) is 76.8 Å². The summed E-state index contributed by atoms with van der Waals surface area (Å²) in [6, 6.07) is 1.78. The summed E-state index contributed by atoms with van der Waals surface area (Å²) in [5.41, 5.74) is 0.763. The highest BCUT2D eigenvalue weighted by atomic mass is 32.1. The maximum absolute atomic E-state index is 12.7. The molecule has 0 aromatic carbocycles. The first kappa shape index (κ1) is 12.4. The van der Waals surface area contributed by atoms with Crippen LogP contribution in [0.1, 0.15) is 28.6 Å². The van der Waals surface area contributed by atoms with E-state index in [-0.39, 0.29) is 11.9 Å². The van der Waals surface area contributed by atoms with Gasteiger partial charge >= 0.3 is 0 Å². The van der Waals surface area contributed by atoms with Crippen LogP contribution >= 0.6 is 11.3 Å². The lowest BCUT2D eigenvalue weighted by atomic mass is 10.2. The lowest BCUT2D eigenvalue weighted by Crippen LogP contribution is -2.41. The quantitative estimate of drug-likeness (QED) is 0.680. The molecule has 1 atom stereocenters. The average molecular weight is 300 g/mol. The van der Waals surface area contributed by atoms with Crippen LogP contribution in [0.15, 0.2) is 24.8 Å². The fraction of sp³-hybridized carbons (Fsp3) is 0.308. The average Bonchev–Trinajstić information content (AvgIpc) is 3.13. The number of aromatic nitrogens is 5. The number of thiazole rings is 1. The van der Waals surface area contributed by atoms with Crippen molar-refractivity contribution in [3.8, 4) is 0 Å². The van der Waals surface area contributed by atoms with Crippen molar-refractivity contribution < 1.29 is 4.79 Å². The van der Waals surface area contributed by atoms with E-state index in [4.69, 9.17) is 0 Å². The molecule has 0 saturated heterocycles. The Kier molecular flexibility index (Phi) is 2.71. The number of amides is 1. The van der Waals surface area contributed by atoms with Crippen molar-refractivity contribution in [1.82, 2.24) is 29.6 Å². The second-order valence-electron chi connectivity index (χ2n) is 4.92. The van der Waals surface area contributed by atoms with Crippen LogP contribution in [-0.4, -0.2) is 42.1 Å². The van der Waals surface area contributed by atoms with Gasteiger partial charge in [0.15, 0.2) is 10.8 Å². The molecule has 0 bridgehead atoms. The molecule has 4 rings (SSSR count). The largest absolute Gasteiger partial charge is 0.325 e. The van der Waals surface area contributed by atoms with Crippen LogP contribution < -0.4 is 0 Å². The van der Waals surface area contributed by atoms with Crippen molar-refractivity contribution in [3.05, 3.63) is 35.6 Å². The summed E-state index contributed by atoms with van der Waals surface area (Å²) < 4.78 is 2.96. The summed E-state index contributed by atoms with van der Waals surface area (Å²) in [5.74, 6) is 0.760. The Balaban J connectivity index is 1.69. The van der Waals surface area contributed by atoms with Crippen LogP contribution in [0, 0.1) is 0 Å². The molecule has 0 spiro atoms. The molecular weight excluding hydrogens is 288 g/mol. The molecule has 1 unspecified atom stereocenters. The molecule has 1 amide bonds. The van der Waals surface area contributed by atoms with Crippen molar-refractivity contribution in [2.24, 2.45) is 0 Å². The molecule has 106 valence electrons. The van der Waals surface area contributed by atoms with E-state index < -0.39 is 0 Å². The van der Waals surface area contributed by atoms with Gasteiger partial charge in [-0.15, -0.1) is 21.5 Å². The van der Waals surface area contributed by atoms with Gasteiger partial charge in [-0.1, -0.05) is 0 Å². The Morgan fingerprint density at radius 3 is 3.19 bits per heavy atom. The minimum atomic E-state index is -0.0983. The molecule has 7 nitrogen and oxygen atoms in total. The number of rotatable bonds is 1. The fourth-order valence-electron chi connectivity index (χ4n) is 2.58. The van der Waals surface area contributed by atoms with Gasteiger partial charge in [0.05, 0.1) is 16.9 Å². The van der Waals surface area contributed by atoms with Gasteiger partial charge in [0, 0.05) is 19.3 Å². The van der Waals surface area contributed by atoms with E-state index in [1.54, 1.807) is 23.6 Å². The van der Waals surface area contributed by atoms with Crippen LogP contribution in [0.4, 0.5) is 0 Å². The molecular formula is C13H12N6OS. The zero-order chi connectivity index (χ0) is 14.4. The van der Waals surface area contributed by atoms with E-state index in [0.29, 0.717) is 18.1 Å². The smallest absolute Gasteiger partial charge is 0.283 e. The second-order valence-corrected chi connectivity index (χ2v) is 5.95. The molecule has 4 heterocycles. The van der Waals surface area contributed by atoms with Gasteiger partial charge in [-0.25, -0.2) is 4.98 Å². The summed E-state index contributed by atoms with van der Waals surface area (Å²) >= 11 is 1.40. The van der Waals surface area contributed by atoms with Crippen LogP contribution in [0.25, 0.3) is 10.2 Å². The third-order valence-corrected chi connectivity index (χ3v) is 4.73. The Morgan fingerprint density at radius 2 is 2.33 bits per heavy atom. The van der Waals surface area contributed by atoms with Crippen LogP contribution in [0.5, 0.6) is 0 Å². The SMILES string of the molecule is CC1c2nncn2CCN1C(=O)c1nc2cnccc2s1. The first-order valence-corrected chi connectivity index (χ1v) is 7.45. The molecule has 3 aromatic heterocycles. The van der Waals surface area contributed by atoms with E-state index in [1.165, 1.54) is 11.3 Å². The van der Waals surface area contributed by atoms with E-state index in [0.717, 1.165) is 16.0 Å². The normalized spacial score (nSPS) is 18.0. The number of nitrogens with zero attached hydrogens (tertiary/aromatic N) is 6. The highest BCUT2D eigenvalue weighted by Crippen LogP contribution is 2.27. The summed E-state index contributed by atoms with van der Waals surface area (Å²) in [6.07, 6.45) is 5.09. The van der Waals surface area contributed by atoms with Gasteiger partial charge in [0.2, 0.25) is 0 Å². The molecule has 1 aliphatic rings. The molecule has 0 radical (unpaired) electrons. The predicted molar refractivity (Wildman–Crippen MR) is 76.9 cm³/mol. The Hall–Kier alpha value is -2.35. The fourth-order valence-corrected chi connectivity index (χ4v) is 3.47. The lowest BCUT2D eigenvalue weighted by molar-refractivity contribution is 0.0637. The molecule has 3 aromatic rings. The van der Waals surface area contributed by atoms with E-state index >= 15 is 0 Å². The predicted octanol–water partition coefficient (Wildman–Crippen LogP) is 1.50. The Labute approximate surface area is 124 Å². The lowest BCUT2D eigenvalue weighted by Gasteiger charge is -2.32. The number of hydrogen-bond donors (Lipinski definition) is 0. The van der Waals surface area contributed by atoms with Crippen molar-refractivity contribution >= 4 is 27.5 Å². The maximum atomic E-state index is 12.7. The number of fused-ring (bicyclic) bond motifs is 2. The minimum Gasteiger partial charge on any atom is -0.325 e. The van der Waals surface area contributed by atoms with Crippen molar-refractivity contribution in [2.75, 3.05) is 6.54 Å². The van der Waals surface area contributed by atoms with E-state index in [2.05, 4.69) is 20.2 Å².